The molecule has 1 heterocycles. The third-order valence-electron chi connectivity index (χ3n) is 3.10. The Morgan fingerprint density at radius 1 is 1.50 bits per heavy atom. The van der Waals surface area contributed by atoms with Crippen molar-refractivity contribution in [2.75, 3.05) is 13.6 Å². The molecule has 5 heteroatoms. The number of carbonyl (C=O) groups excluding carboxylic acids is 1. The van der Waals surface area contributed by atoms with Gasteiger partial charge in [-0.3, -0.25) is 9.48 Å². The van der Waals surface area contributed by atoms with Crippen LogP contribution in [-0.2, 0) is 24.2 Å². The van der Waals surface area contributed by atoms with Crippen LogP contribution in [0, 0.1) is 5.92 Å². The lowest BCUT2D eigenvalue weighted by Crippen LogP contribution is -2.25. The quantitative estimate of drug-likeness (QED) is 0.826. The molecule has 0 radical (unpaired) electrons. The fourth-order valence-corrected chi connectivity index (χ4v) is 2.28. The summed E-state index contributed by atoms with van der Waals surface area (Å²) in [6, 6.07) is 0. The summed E-state index contributed by atoms with van der Waals surface area (Å²) in [5.74, 6) is 0.194. The molecule has 0 aliphatic heterocycles. The van der Waals surface area contributed by atoms with E-state index in [9.17, 15) is 4.79 Å². The minimum absolute atomic E-state index is 0.00338. The van der Waals surface area contributed by atoms with Crippen LogP contribution < -0.4 is 5.32 Å². The maximum absolute atomic E-state index is 12.1. The molecule has 0 saturated heterocycles. The number of rotatable bonds is 7. The van der Waals surface area contributed by atoms with Crippen LogP contribution in [0.5, 0.6) is 0 Å². The van der Waals surface area contributed by atoms with E-state index in [2.05, 4.69) is 10.4 Å². The van der Waals surface area contributed by atoms with E-state index in [1.165, 1.54) is 0 Å². The molecule has 1 unspecified atom stereocenters. The molecule has 102 valence electrons. The number of hydrogen-bond acceptors (Lipinski definition) is 3. The summed E-state index contributed by atoms with van der Waals surface area (Å²) in [5.41, 5.74) is 1.73. The molecular formula is C13H22ClN3O. The zero-order valence-electron chi connectivity index (χ0n) is 11.6. The topological polar surface area (TPSA) is 46.9 Å². The van der Waals surface area contributed by atoms with E-state index in [4.69, 9.17) is 11.6 Å². The summed E-state index contributed by atoms with van der Waals surface area (Å²) in [4.78, 5) is 12.1. The van der Waals surface area contributed by atoms with Crippen LogP contribution in [0.25, 0.3) is 0 Å². The Bertz CT molecular complexity index is 415. The van der Waals surface area contributed by atoms with Gasteiger partial charge in [0.25, 0.3) is 0 Å². The van der Waals surface area contributed by atoms with Crippen molar-refractivity contribution >= 4 is 17.4 Å². The molecule has 0 aliphatic carbocycles. The maximum atomic E-state index is 12.1. The minimum Gasteiger partial charge on any atom is -0.319 e. The van der Waals surface area contributed by atoms with Crippen molar-refractivity contribution in [3.05, 3.63) is 16.4 Å². The number of carbonyl (C=O) groups is 1. The highest BCUT2D eigenvalue weighted by Crippen LogP contribution is 2.23. The van der Waals surface area contributed by atoms with Gasteiger partial charge in [0.05, 0.1) is 22.8 Å². The Labute approximate surface area is 114 Å². The second-order valence-electron chi connectivity index (χ2n) is 4.48. The predicted molar refractivity (Wildman–Crippen MR) is 74.1 cm³/mol. The zero-order chi connectivity index (χ0) is 13.7. The van der Waals surface area contributed by atoms with Crippen molar-refractivity contribution in [1.82, 2.24) is 15.1 Å². The highest BCUT2D eigenvalue weighted by atomic mass is 35.5. The summed E-state index contributed by atoms with van der Waals surface area (Å²) in [6.07, 6.45) is 1.15. The zero-order valence-corrected chi connectivity index (χ0v) is 12.3. The van der Waals surface area contributed by atoms with Crippen molar-refractivity contribution in [2.24, 2.45) is 5.92 Å². The number of halogens is 1. The molecule has 1 rings (SSSR count). The highest BCUT2D eigenvalue weighted by Gasteiger charge is 2.20. The molecule has 4 nitrogen and oxygen atoms in total. The summed E-state index contributed by atoms with van der Waals surface area (Å²) < 4.78 is 1.84. The average molecular weight is 272 g/mol. The van der Waals surface area contributed by atoms with Crippen LogP contribution in [-0.4, -0.2) is 29.2 Å². The molecule has 1 N–H and O–H groups in total. The normalized spacial score (nSPS) is 12.7. The van der Waals surface area contributed by atoms with E-state index < -0.39 is 0 Å². The fraction of sp³-hybridized carbons (Fsp3) is 0.692. The monoisotopic (exact) mass is 271 g/mol. The Morgan fingerprint density at radius 3 is 2.67 bits per heavy atom. The molecule has 1 atom stereocenters. The van der Waals surface area contributed by atoms with Gasteiger partial charge in [0, 0.05) is 19.0 Å². The van der Waals surface area contributed by atoms with Gasteiger partial charge in [0.1, 0.15) is 5.78 Å². The van der Waals surface area contributed by atoms with Crippen molar-refractivity contribution < 1.29 is 4.79 Å². The molecule has 0 amide bonds. The molecule has 18 heavy (non-hydrogen) atoms. The molecular weight excluding hydrogens is 250 g/mol. The van der Waals surface area contributed by atoms with Crippen LogP contribution in [0.2, 0.25) is 5.02 Å². The number of aryl methyl sites for hydroxylation is 2. The van der Waals surface area contributed by atoms with E-state index in [0.717, 1.165) is 24.4 Å². The Hall–Kier alpha value is -0.870. The maximum Gasteiger partial charge on any atom is 0.142 e. The van der Waals surface area contributed by atoms with E-state index in [0.29, 0.717) is 18.0 Å². The first-order chi connectivity index (χ1) is 8.54. The number of nitrogens with one attached hydrogen (secondary N) is 1. The number of ketones is 1. The van der Waals surface area contributed by atoms with Gasteiger partial charge in [0.15, 0.2) is 0 Å². The highest BCUT2D eigenvalue weighted by molar-refractivity contribution is 6.32. The fourth-order valence-electron chi connectivity index (χ4n) is 1.95. The molecule has 0 fully saturated rings. The van der Waals surface area contributed by atoms with E-state index in [1.54, 1.807) is 0 Å². The molecule has 0 saturated carbocycles. The van der Waals surface area contributed by atoms with Gasteiger partial charge < -0.3 is 5.32 Å². The summed E-state index contributed by atoms with van der Waals surface area (Å²) in [5, 5.41) is 8.10. The number of Topliss-reactive ketones (excluding diaryl/α,β-unsaturated/α-hetero) is 1. The SMILES string of the molecule is CCc1nn(CC)c(CC(=O)C(C)CNC)c1Cl. The Balaban J connectivity index is 2.89. The van der Waals surface area contributed by atoms with E-state index in [-0.39, 0.29) is 11.7 Å². The Morgan fingerprint density at radius 2 is 2.17 bits per heavy atom. The third-order valence-corrected chi connectivity index (χ3v) is 3.53. The van der Waals surface area contributed by atoms with Gasteiger partial charge in [-0.2, -0.15) is 5.10 Å². The van der Waals surface area contributed by atoms with Crippen molar-refractivity contribution in [3.8, 4) is 0 Å². The standard InChI is InChI=1S/C13H22ClN3O/c1-5-10-13(14)11(17(6-2)16-10)7-12(18)9(3)8-15-4/h9,15H,5-8H2,1-4H3. The van der Waals surface area contributed by atoms with Crippen LogP contribution in [0.1, 0.15) is 32.2 Å². The second kappa shape index (κ2) is 6.90. The van der Waals surface area contributed by atoms with Crippen LogP contribution in [0.4, 0.5) is 0 Å². The first-order valence-electron chi connectivity index (χ1n) is 6.46. The Kier molecular flexibility index (Phi) is 5.82. The van der Waals surface area contributed by atoms with Crippen LogP contribution in [0.15, 0.2) is 0 Å². The van der Waals surface area contributed by atoms with Gasteiger partial charge in [-0.05, 0) is 20.4 Å². The van der Waals surface area contributed by atoms with Crippen molar-refractivity contribution in [2.45, 2.75) is 40.2 Å². The van der Waals surface area contributed by atoms with Crippen LogP contribution >= 0.6 is 11.6 Å². The molecule has 1 aromatic rings. The summed E-state index contributed by atoms with van der Waals surface area (Å²) in [6.45, 7) is 7.39. The molecule has 0 aromatic carbocycles. The van der Waals surface area contributed by atoms with Crippen LogP contribution in [0.3, 0.4) is 0 Å². The van der Waals surface area contributed by atoms with Gasteiger partial charge in [-0.1, -0.05) is 25.4 Å². The van der Waals surface area contributed by atoms with Gasteiger partial charge in [-0.25, -0.2) is 0 Å². The molecule has 1 aromatic heterocycles. The van der Waals surface area contributed by atoms with Gasteiger partial charge in [0.2, 0.25) is 0 Å². The van der Waals surface area contributed by atoms with E-state index in [1.807, 2.05) is 32.5 Å². The lowest BCUT2D eigenvalue weighted by Gasteiger charge is -2.10. The first kappa shape index (κ1) is 15.2. The first-order valence-corrected chi connectivity index (χ1v) is 6.84. The number of hydrogen-bond donors (Lipinski definition) is 1. The van der Waals surface area contributed by atoms with Crippen molar-refractivity contribution in [3.63, 3.8) is 0 Å². The smallest absolute Gasteiger partial charge is 0.142 e. The predicted octanol–water partition coefficient (Wildman–Crippen LogP) is 2.09. The minimum atomic E-state index is -0.00338. The largest absolute Gasteiger partial charge is 0.319 e. The molecule has 0 bridgehead atoms. The average Bonchev–Trinajstić information content (AvgIpc) is 2.66. The lowest BCUT2D eigenvalue weighted by atomic mass is 10.0. The van der Waals surface area contributed by atoms with Gasteiger partial charge >= 0.3 is 0 Å². The van der Waals surface area contributed by atoms with Gasteiger partial charge in [-0.15, -0.1) is 0 Å². The van der Waals surface area contributed by atoms with Crippen molar-refractivity contribution in [1.29, 1.82) is 0 Å². The second-order valence-corrected chi connectivity index (χ2v) is 4.86. The summed E-state index contributed by atoms with van der Waals surface area (Å²) in [7, 11) is 1.85. The van der Waals surface area contributed by atoms with E-state index >= 15 is 0 Å². The number of aromatic nitrogens is 2. The summed E-state index contributed by atoms with van der Waals surface area (Å²) >= 11 is 6.28. The lowest BCUT2D eigenvalue weighted by molar-refractivity contribution is -0.121. The molecule has 0 spiro atoms. The number of nitrogens with zero attached hydrogens (tertiary/aromatic N) is 2. The third kappa shape index (κ3) is 3.33. The molecule has 0 aliphatic rings.